The maximum Gasteiger partial charge on any atom is 0.328 e. The standard InChI is InChI=1S/C17H23N3O6S/c1-4-5-15(17(22)26-3)19-10-11-20(12(2)16(19)21)27(24,25)14-8-6-13(18-23)7-9-14/h6-9,12,15H,4-5,10-11H2,1-3H3/t12-,15-/m0/s1. The third kappa shape index (κ3) is 4.16. The van der Waals surface area contributed by atoms with Crippen molar-refractivity contribution in [3.05, 3.63) is 29.2 Å². The van der Waals surface area contributed by atoms with Gasteiger partial charge in [-0.1, -0.05) is 13.3 Å². The van der Waals surface area contributed by atoms with E-state index in [9.17, 15) is 22.9 Å². The van der Waals surface area contributed by atoms with E-state index in [4.69, 9.17) is 4.74 Å². The molecule has 1 heterocycles. The molecule has 10 heteroatoms. The first-order valence-corrected chi connectivity index (χ1v) is 10.1. The van der Waals surface area contributed by atoms with Crippen molar-refractivity contribution in [1.29, 1.82) is 0 Å². The Hall–Kier alpha value is -2.33. The summed E-state index contributed by atoms with van der Waals surface area (Å²) in [6, 6.07) is 3.48. The fraction of sp³-hybridized carbons (Fsp3) is 0.529. The van der Waals surface area contributed by atoms with Crippen molar-refractivity contribution in [2.45, 2.75) is 43.7 Å². The monoisotopic (exact) mass is 397 g/mol. The molecule has 1 aromatic carbocycles. The van der Waals surface area contributed by atoms with Crippen LogP contribution in [0.4, 0.5) is 5.69 Å². The molecule has 1 aliphatic rings. The van der Waals surface area contributed by atoms with Gasteiger partial charge in [0.25, 0.3) is 0 Å². The molecule has 1 aromatic rings. The third-order valence-electron chi connectivity index (χ3n) is 4.59. The predicted molar refractivity (Wildman–Crippen MR) is 97.7 cm³/mol. The number of carbonyl (C=O) groups excluding carboxylic acids is 2. The predicted octanol–water partition coefficient (Wildman–Crippen LogP) is 1.65. The number of piperazine rings is 1. The molecule has 0 N–H and O–H groups in total. The summed E-state index contributed by atoms with van der Waals surface area (Å²) in [6.45, 7) is 3.53. The minimum atomic E-state index is -3.93. The van der Waals surface area contributed by atoms with E-state index in [-0.39, 0.29) is 23.7 Å². The van der Waals surface area contributed by atoms with E-state index < -0.39 is 34.0 Å². The largest absolute Gasteiger partial charge is 0.467 e. The number of methoxy groups -OCH3 is 1. The van der Waals surface area contributed by atoms with E-state index in [1.807, 2.05) is 6.92 Å². The average molecular weight is 397 g/mol. The highest BCUT2D eigenvalue weighted by molar-refractivity contribution is 7.89. The van der Waals surface area contributed by atoms with E-state index >= 15 is 0 Å². The number of hydrogen-bond acceptors (Lipinski definition) is 7. The second kappa shape index (κ2) is 8.57. The molecule has 1 fully saturated rings. The van der Waals surface area contributed by atoms with E-state index in [2.05, 4.69) is 5.18 Å². The van der Waals surface area contributed by atoms with Gasteiger partial charge in [-0.3, -0.25) is 4.79 Å². The highest BCUT2D eigenvalue weighted by Gasteiger charge is 2.42. The van der Waals surface area contributed by atoms with Gasteiger partial charge in [0, 0.05) is 13.1 Å². The minimum Gasteiger partial charge on any atom is -0.467 e. The molecule has 0 unspecified atom stereocenters. The highest BCUT2D eigenvalue weighted by Crippen LogP contribution is 2.25. The Labute approximate surface area is 158 Å². The zero-order valence-electron chi connectivity index (χ0n) is 15.5. The van der Waals surface area contributed by atoms with Gasteiger partial charge in [-0.15, -0.1) is 4.91 Å². The first-order valence-electron chi connectivity index (χ1n) is 8.61. The van der Waals surface area contributed by atoms with Crippen molar-refractivity contribution in [2.24, 2.45) is 5.18 Å². The Balaban J connectivity index is 2.26. The molecule has 0 saturated carbocycles. The van der Waals surface area contributed by atoms with Gasteiger partial charge in [0.1, 0.15) is 17.8 Å². The molecule has 148 valence electrons. The number of nitrogens with zero attached hydrogens (tertiary/aromatic N) is 3. The molecule has 1 aliphatic heterocycles. The number of amides is 1. The van der Waals surface area contributed by atoms with Crippen LogP contribution in [0, 0.1) is 4.91 Å². The fourth-order valence-corrected chi connectivity index (χ4v) is 4.72. The summed E-state index contributed by atoms with van der Waals surface area (Å²) in [5.74, 6) is -0.953. The lowest BCUT2D eigenvalue weighted by atomic mass is 10.1. The zero-order chi connectivity index (χ0) is 20.2. The summed E-state index contributed by atoms with van der Waals surface area (Å²) in [6.07, 6.45) is 1.12. The topological polar surface area (TPSA) is 113 Å². The van der Waals surface area contributed by atoms with E-state index in [1.54, 1.807) is 0 Å². The normalized spacial score (nSPS) is 19.6. The van der Waals surface area contributed by atoms with Crippen molar-refractivity contribution in [1.82, 2.24) is 9.21 Å². The summed E-state index contributed by atoms with van der Waals surface area (Å²) in [4.78, 5) is 36.7. The van der Waals surface area contributed by atoms with Crippen LogP contribution in [0.5, 0.6) is 0 Å². The molecule has 2 rings (SSSR count). The number of benzene rings is 1. The van der Waals surface area contributed by atoms with Crippen LogP contribution in [0.3, 0.4) is 0 Å². The second-order valence-electron chi connectivity index (χ2n) is 6.24. The molecule has 1 amide bonds. The van der Waals surface area contributed by atoms with Gasteiger partial charge in [-0.25, -0.2) is 13.2 Å². The molecule has 0 aliphatic carbocycles. The SMILES string of the molecule is CCC[C@@H](C(=O)OC)N1CCN(S(=O)(=O)c2ccc(N=O)cc2)[C@@H](C)C1=O. The van der Waals surface area contributed by atoms with Crippen molar-refractivity contribution in [2.75, 3.05) is 20.2 Å². The molecular formula is C17H23N3O6S. The molecule has 0 aromatic heterocycles. The lowest BCUT2D eigenvalue weighted by molar-refractivity contribution is -0.156. The number of ether oxygens (including phenoxy) is 1. The van der Waals surface area contributed by atoms with Gasteiger partial charge in [0.2, 0.25) is 15.9 Å². The van der Waals surface area contributed by atoms with Crippen LogP contribution in [-0.2, 0) is 24.3 Å². The van der Waals surface area contributed by atoms with E-state index in [1.165, 1.54) is 43.2 Å². The molecule has 0 bridgehead atoms. The van der Waals surface area contributed by atoms with Crippen LogP contribution in [-0.4, -0.2) is 61.8 Å². The van der Waals surface area contributed by atoms with Crippen LogP contribution in [0.25, 0.3) is 0 Å². The number of esters is 1. The van der Waals surface area contributed by atoms with Crippen LogP contribution in [0.2, 0.25) is 0 Å². The molecule has 0 spiro atoms. The summed E-state index contributed by atoms with van der Waals surface area (Å²) >= 11 is 0. The van der Waals surface area contributed by atoms with E-state index in [0.717, 1.165) is 4.31 Å². The number of nitroso groups, excluding NO2 is 1. The quantitative estimate of drug-likeness (QED) is 0.511. The Morgan fingerprint density at radius 1 is 1.30 bits per heavy atom. The lowest BCUT2D eigenvalue weighted by Gasteiger charge is -2.41. The van der Waals surface area contributed by atoms with Crippen molar-refractivity contribution in [3.63, 3.8) is 0 Å². The lowest BCUT2D eigenvalue weighted by Crippen LogP contribution is -2.61. The Kier molecular flexibility index (Phi) is 6.66. The molecular weight excluding hydrogens is 374 g/mol. The van der Waals surface area contributed by atoms with Crippen LogP contribution in [0.15, 0.2) is 34.3 Å². The Morgan fingerprint density at radius 3 is 2.44 bits per heavy atom. The van der Waals surface area contributed by atoms with Crippen molar-refractivity contribution < 1.29 is 22.7 Å². The van der Waals surface area contributed by atoms with Crippen molar-refractivity contribution in [3.8, 4) is 0 Å². The number of sulfonamides is 1. The fourth-order valence-electron chi connectivity index (χ4n) is 3.14. The maximum absolute atomic E-state index is 12.9. The van der Waals surface area contributed by atoms with Crippen molar-refractivity contribution >= 4 is 27.6 Å². The van der Waals surface area contributed by atoms with Gasteiger partial charge < -0.3 is 9.64 Å². The number of rotatable bonds is 7. The summed E-state index contributed by atoms with van der Waals surface area (Å²) in [5, 5.41) is 2.74. The van der Waals surface area contributed by atoms with E-state index in [0.29, 0.717) is 12.8 Å². The molecule has 2 atom stereocenters. The summed E-state index contributed by atoms with van der Waals surface area (Å²) in [7, 11) is -2.67. The van der Waals surface area contributed by atoms with Crippen LogP contribution in [0.1, 0.15) is 26.7 Å². The van der Waals surface area contributed by atoms with Crippen LogP contribution >= 0.6 is 0 Å². The smallest absolute Gasteiger partial charge is 0.328 e. The molecule has 9 nitrogen and oxygen atoms in total. The zero-order valence-corrected chi connectivity index (χ0v) is 16.3. The second-order valence-corrected chi connectivity index (χ2v) is 8.13. The van der Waals surface area contributed by atoms with Gasteiger partial charge in [-0.2, -0.15) is 4.31 Å². The Bertz CT molecular complexity index is 808. The first kappa shape index (κ1) is 21.0. The van der Waals surface area contributed by atoms with Gasteiger partial charge in [0.05, 0.1) is 12.0 Å². The molecule has 27 heavy (non-hydrogen) atoms. The van der Waals surface area contributed by atoms with Gasteiger partial charge in [-0.05, 0) is 42.8 Å². The summed E-state index contributed by atoms with van der Waals surface area (Å²) in [5.41, 5.74) is 0.114. The van der Waals surface area contributed by atoms with Gasteiger partial charge >= 0.3 is 5.97 Å². The highest BCUT2D eigenvalue weighted by atomic mass is 32.2. The third-order valence-corrected chi connectivity index (χ3v) is 6.58. The Morgan fingerprint density at radius 2 is 1.93 bits per heavy atom. The molecule has 0 radical (unpaired) electrons. The first-order chi connectivity index (χ1) is 12.8. The molecule has 1 saturated heterocycles. The number of carbonyl (C=O) groups is 2. The minimum absolute atomic E-state index is 0.0268. The maximum atomic E-state index is 12.9. The number of hydrogen-bond donors (Lipinski definition) is 0. The average Bonchev–Trinajstić information content (AvgIpc) is 2.67. The van der Waals surface area contributed by atoms with Gasteiger partial charge in [0.15, 0.2) is 0 Å². The van der Waals surface area contributed by atoms with Crippen LogP contribution < -0.4 is 0 Å². The summed E-state index contributed by atoms with van der Waals surface area (Å²) < 4.78 is 31.7.